The standard InChI is InChI=1S/C18H20ClN7/c1-13-12-14(2)26(23-13)17-6-5-16(21-22-17)24-8-10-25(11-9-24)18-15(19)4-3-7-20-18/h3-7,12H,8-11H2,1-2H3. The number of hydrogen-bond acceptors (Lipinski definition) is 6. The summed E-state index contributed by atoms with van der Waals surface area (Å²) in [5, 5.41) is 13.9. The number of halogens is 1. The summed E-state index contributed by atoms with van der Waals surface area (Å²) < 4.78 is 1.81. The Kier molecular flexibility index (Phi) is 4.46. The van der Waals surface area contributed by atoms with Gasteiger partial charge in [0.1, 0.15) is 5.82 Å². The fourth-order valence-electron chi connectivity index (χ4n) is 3.22. The average Bonchev–Trinajstić information content (AvgIpc) is 3.01. The smallest absolute Gasteiger partial charge is 0.176 e. The lowest BCUT2D eigenvalue weighted by molar-refractivity contribution is 0.636. The highest BCUT2D eigenvalue weighted by Gasteiger charge is 2.21. The normalized spacial score (nSPS) is 14.7. The van der Waals surface area contributed by atoms with Gasteiger partial charge in [0.2, 0.25) is 0 Å². The number of hydrogen-bond donors (Lipinski definition) is 0. The van der Waals surface area contributed by atoms with Crippen LogP contribution in [0.3, 0.4) is 0 Å². The minimum atomic E-state index is 0.690. The molecule has 8 heteroatoms. The van der Waals surface area contributed by atoms with E-state index < -0.39 is 0 Å². The Balaban J connectivity index is 1.45. The van der Waals surface area contributed by atoms with Gasteiger partial charge in [-0.25, -0.2) is 9.67 Å². The maximum absolute atomic E-state index is 6.25. The Morgan fingerprint density at radius 3 is 2.23 bits per heavy atom. The van der Waals surface area contributed by atoms with Gasteiger partial charge in [-0.1, -0.05) is 11.6 Å². The SMILES string of the molecule is Cc1cc(C)n(-c2ccc(N3CCN(c4ncccc4Cl)CC3)nn2)n1. The minimum absolute atomic E-state index is 0.690. The van der Waals surface area contributed by atoms with E-state index in [1.54, 1.807) is 6.20 Å². The van der Waals surface area contributed by atoms with Crippen molar-refractivity contribution >= 4 is 23.2 Å². The van der Waals surface area contributed by atoms with Crippen molar-refractivity contribution in [2.75, 3.05) is 36.0 Å². The van der Waals surface area contributed by atoms with Crippen molar-refractivity contribution in [1.29, 1.82) is 0 Å². The van der Waals surface area contributed by atoms with E-state index in [1.165, 1.54) is 0 Å². The van der Waals surface area contributed by atoms with Gasteiger partial charge in [-0.3, -0.25) is 0 Å². The molecule has 1 aliphatic heterocycles. The molecule has 3 aromatic rings. The minimum Gasteiger partial charge on any atom is -0.352 e. The van der Waals surface area contributed by atoms with Gasteiger partial charge in [0, 0.05) is 38.1 Å². The first-order valence-electron chi connectivity index (χ1n) is 8.59. The van der Waals surface area contributed by atoms with E-state index in [0.29, 0.717) is 5.02 Å². The Bertz CT molecular complexity index is 898. The predicted octanol–water partition coefficient (Wildman–Crippen LogP) is 2.65. The highest BCUT2D eigenvalue weighted by molar-refractivity contribution is 6.32. The van der Waals surface area contributed by atoms with E-state index in [0.717, 1.165) is 55.0 Å². The first-order valence-corrected chi connectivity index (χ1v) is 8.97. The molecule has 0 bridgehead atoms. The number of anilines is 2. The van der Waals surface area contributed by atoms with Crippen LogP contribution >= 0.6 is 11.6 Å². The van der Waals surface area contributed by atoms with E-state index in [-0.39, 0.29) is 0 Å². The molecule has 4 heterocycles. The number of aromatic nitrogens is 5. The third-order valence-corrected chi connectivity index (χ3v) is 4.80. The molecule has 3 aromatic heterocycles. The molecule has 0 aromatic carbocycles. The molecule has 0 saturated carbocycles. The molecule has 0 atom stereocenters. The first kappa shape index (κ1) is 16.8. The maximum Gasteiger partial charge on any atom is 0.176 e. The van der Waals surface area contributed by atoms with Gasteiger partial charge in [0.15, 0.2) is 11.6 Å². The van der Waals surface area contributed by atoms with Crippen molar-refractivity contribution in [3.8, 4) is 5.82 Å². The van der Waals surface area contributed by atoms with Gasteiger partial charge < -0.3 is 9.80 Å². The van der Waals surface area contributed by atoms with Gasteiger partial charge in [-0.05, 0) is 44.2 Å². The van der Waals surface area contributed by atoms with E-state index in [1.807, 2.05) is 48.9 Å². The maximum atomic E-state index is 6.25. The molecule has 0 aliphatic carbocycles. The van der Waals surface area contributed by atoms with Crippen LogP contribution in [0.1, 0.15) is 11.4 Å². The summed E-state index contributed by atoms with van der Waals surface area (Å²) in [6.45, 7) is 7.37. The lowest BCUT2D eigenvalue weighted by Crippen LogP contribution is -2.47. The summed E-state index contributed by atoms with van der Waals surface area (Å²) in [5.41, 5.74) is 2.02. The number of aryl methyl sites for hydroxylation is 2. The fourth-order valence-corrected chi connectivity index (χ4v) is 3.46. The third-order valence-electron chi connectivity index (χ3n) is 4.51. The zero-order valence-corrected chi connectivity index (χ0v) is 15.6. The molecule has 0 N–H and O–H groups in total. The summed E-state index contributed by atoms with van der Waals surface area (Å²) in [7, 11) is 0. The van der Waals surface area contributed by atoms with Crippen LogP contribution in [0.25, 0.3) is 5.82 Å². The summed E-state index contributed by atoms with van der Waals surface area (Å²) >= 11 is 6.25. The fraction of sp³-hybridized carbons (Fsp3) is 0.333. The van der Waals surface area contributed by atoms with Crippen molar-refractivity contribution in [3.05, 3.63) is 52.9 Å². The average molecular weight is 370 g/mol. The molecule has 134 valence electrons. The van der Waals surface area contributed by atoms with Gasteiger partial charge in [-0.2, -0.15) is 5.10 Å². The molecule has 4 rings (SSSR count). The van der Waals surface area contributed by atoms with Crippen molar-refractivity contribution in [2.45, 2.75) is 13.8 Å². The quantitative estimate of drug-likeness (QED) is 0.707. The third kappa shape index (κ3) is 3.22. The summed E-state index contributed by atoms with van der Waals surface area (Å²) in [6, 6.07) is 9.71. The second kappa shape index (κ2) is 6.92. The van der Waals surface area contributed by atoms with Crippen molar-refractivity contribution < 1.29 is 0 Å². The summed E-state index contributed by atoms with van der Waals surface area (Å²) in [6.07, 6.45) is 1.77. The second-order valence-electron chi connectivity index (χ2n) is 6.37. The van der Waals surface area contributed by atoms with Crippen LogP contribution in [-0.4, -0.2) is 51.1 Å². The number of pyridine rings is 1. The topological polar surface area (TPSA) is 63.0 Å². The van der Waals surface area contributed by atoms with E-state index >= 15 is 0 Å². The van der Waals surface area contributed by atoms with Crippen LogP contribution in [-0.2, 0) is 0 Å². The lowest BCUT2D eigenvalue weighted by Gasteiger charge is -2.36. The highest BCUT2D eigenvalue weighted by atomic mass is 35.5. The van der Waals surface area contributed by atoms with Crippen molar-refractivity contribution in [3.63, 3.8) is 0 Å². The van der Waals surface area contributed by atoms with Crippen LogP contribution in [0.2, 0.25) is 5.02 Å². The molecular weight excluding hydrogens is 350 g/mol. The molecule has 0 radical (unpaired) electrons. The van der Waals surface area contributed by atoms with Crippen LogP contribution < -0.4 is 9.80 Å². The van der Waals surface area contributed by atoms with Gasteiger partial charge >= 0.3 is 0 Å². The lowest BCUT2D eigenvalue weighted by atomic mass is 10.3. The van der Waals surface area contributed by atoms with E-state index in [4.69, 9.17) is 11.6 Å². The molecule has 1 fully saturated rings. The van der Waals surface area contributed by atoms with Gasteiger partial charge in [0.05, 0.1) is 10.7 Å². The van der Waals surface area contributed by atoms with Crippen molar-refractivity contribution in [2.24, 2.45) is 0 Å². The highest BCUT2D eigenvalue weighted by Crippen LogP contribution is 2.24. The summed E-state index contributed by atoms with van der Waals surface area (Å²) in [4.78, 5) is 8.83. The Hall–Kier alpha value is -2.67. The first-order chi connectivity index (χ1) is 12.6. The monoisotopic (exact) mass is 369 g/mol. The number of rotatable bonds is 3. The van der Waals surface area contributed by atoms with Crippen LogP contribution in [0.5, 0.6) is 0 Å². The van der Waals surface area contributed by atoms with Crippen LogP contribution in [0.4, 0.5) is 11.6 Å². The molecule has 0 unspecified atom stereocenters. The number of nitrogens with zero attached hydrogens (tertiary/aromatic N) is 7. The predicted molar refractivity (Wildman–Crippen MR) is 102 cm³/mol. The molecule has 0 spiro atoms. The zero-order chi connectivity index (χ0) is 18.1. The van der Waals surface area contributed by atoms with E-state index in [9.17, 15) is 0 Å². The molecule has 7 nitrogen and oxygen atoms in total. The molecular formula is C18H20ClN7. The largest absolute Gasteiger partial charge is 0.352 e. The molecule has 0 amide bonds. The molecule has 26 heavy (non-hydrogen) atoms. The van der Waals surface area contributed by atoms with Crippen molar-refractivity contribution in [1.82, 2.24) is 25.0 Å². The number of piperazine rings is 1. The van der Waals surface area contributed by atoms with Crippen LogP contribution in [0, 0.1) is 13.8 Å². The summed E-state index contributed by atoms with van der Waals surface area (Å²) in [5.74, 6) is 2.46. The Labute approximate surface area is 157 Å². The van der Waals surface area contributed by atoms with E-state index in [2.05, 4.69) is 30.1 Å². The van der Waals surface area contributed by atoms with Gasteiger partial charge in [0.25, 0.3) is 0 Å². The Morgan fingerprint density at radius 2 is 1.62 bits per heavy atom. The van der Waals surface area contributed by atoms with Gasteiger partial charge in [-0.15, -0.1) is 10.2 Å². The Morgan fingerprint density at radius 1 is 0.923 bits per heavy atom. The van der Waals surface area contributed by atoms with Crippen LogP contribution in [0.15, 0.2) is 36.5 Å². The molecule has 1 saturated heterocycles. The zero-order valence-electron chi connectivity index (χ0n) is 14.8. The second-order valence-corrected chi connectivity index (χ2v) is 6.78. The molecule has 1 aliphatic rings.